The van der Waals surface area contributed by atoms with Gasteiger partial charge in [-0.15, -0.1) is 0 Å². The van der Waals surface area contributed by atoms with Crippen LogP contribution in [0.1, 0.15) is 46.0 Å². The molecule has 4 nitrogen and oxygen atoms in total. The van der Waals surface area contributed by atoms with Gasteiger partial charge >= 0.3 is 0 Å². The highest BCUT2D eigenvalue weighted by Gasteiger charge is 2.27. The van der Waals surface area contributed by atoms with Gasteiger partial charge in [-0.05, 0) is 44.4 Å². The van der Waals surface area contributed by atoms with Crippen molar-refractivity contribution >= 4 is 5.91 Å². The van der Waals surface area contributed by atoms with Crippen LogP contribution in [-0.2, 0) is 9.53 Å². The lowest BCUT2D eigenvalue weighted by molar-refractivity contribution is -0.123. The van der Waals surface area contributed by atoms with Gasteiger partial charge in [-0.3, -0.25) is 4.79 Å². The molecule has 2 aliphatic rings. The third kappa shape index (κ3) is 5.73. The number of carbonyl (C=O) groups is 1. The molecule has 22 heavy (non-hydrogen) atoms. The summed E-state index contributed by atoms with van der Waals surface area (Å²) in [6, 6.07) is 0.348. The van der Waals surface area contributed by atoms with E-state index in [1.54, 1.807) is 0 Å². The van der Waals surface area contributed by atoms with E-state index in [0.717, 1.165) is 58.5 Å². The van der Waals surface area contributed by atoms with Crippen molar-refractivity contribution in [2.24, 2.45) is 11.8 Å². The van der Waals surface area contributed by atoms with Crippen molar-refractivity contribution in [2.45, 2.75) is 52.0 Å². The Morgan fingerprint density at radius 2 is 2.27 bits per heavy atom. The number of piperidine rings is 1. The summed E-state index contributed by atoms with van der Waals surface area (Å²) in [7, 11) is 0. The van der Waals surface area contributed by atoms with Crippen molar-refractivity contribution < 1.29 is 9.53 Å². The molecule has 1 amide bonds. The standard InChI is InChI=1S/C18H32N2O2/c1-3-22-12-6-10-20-11-9-17(15(2)14-20)19-18(21)13-16-7-4-5-8-16/h4,7,15-17H,3,5-6,8-14H2,1-2H3,(H,19,21)/t15-,16+,17-/m0/s1. The molecule has 0 spiro atoms. The molecule has 4 heteroatoms. The summed E-state index contributed by atoms with van der Waals surface area (Å²) in [5.41, 5.74) is 0. The lowest BCUT2D eigenvalue weighted by Gasteiger charge is -2.37. The average molecular weight is 308 g/mol. The molecule has 1 heterocycles. The molecule has 0 radical (unpaired) electrons. The molecule has 0 bridgehead atoms. The number of carbonyl (C=O) groups excluding carboxylic acids is 1. The van der Waals surface area contributed by atoms with E-state index in [9.17, 15) is 4.79 Å². The van der Waals surface area contributed by atoms with Crippen molar-refractivity contribution in [3.63, 3.8) is 0 Å². The lowest BCUT2D eigenvalue weighted by atomic mass is 9.93. The van der Waals surface area contributed by atoms with Crippen molar-refractivity contribution in [3.8, 4) is 0 Å². The fourth-order valence-electron chi connectivity index (χ4n) is 3.55. The highest BCUT2D eigenvalue weighted by atomic mass is 16.5. The number of rotatable bonds is 8. The number of hydrogen-bond acceptors (Lipinski definition) is 3. The highest BCUT2D eigenvalue weighted by Crippen LogP contribution is 2.21. The summed E-state index contributed by atoms with van der Waals surface area (Å²) in [6.45, 7) is 9.24. The zero-order valence-corrected chi connectivity index (χ0v) is 14.2. The summed E-state index contributed by atoms with van der Waals surface area (Å²) in [4.78, 5) is 14.7. The van der Waals surface area contributed by atoms with Crippen molar-refractivity contribution in [3.05, 3.63) is 12.2 Å². The highest BCUT2D eigenvalue weighted by molar-refractivity contribution is 5.76. The minimum Gasteiger partial charge on any atom is -0.382 e. The Balaban J connectivity index is 1.64. The Hall–Kier alpha value is -0.870. The van der Waals surface area contributed by atoms with E-state index in [-0.39, 0.29) is 5.91 Å². The molecular weight excluding hydrogens is 276 g/mol. The molecule has 0 aromatic heterocycles. The van der Waals surface area contributed by atoms with Gasteiger partial charge in [0.1, 0.15) is 0 Å². The second-order valence-corrected chi connectivity index (χ2v) is 6.76. The average Bonchev–Trinajstić information content (AvgIpc) is 2.99. The summed E-state index contributed by atoms with van der Waals surface area (Å²) >= 11 is 0. The minimum atomic E-state index is 0.234. The fourth-order valence-corrected chi connectivity index (χ4v) is 3.55. The normalized spacial score (nSPS) is 28.9. The number of nitrogens with zero attached hydrogens (tertiary/aromatic N) is 1. The molecule has 0 saturated carbocycles. The Morgan fingerprint density at radius 3 is 2.95 bits per heavy atom. The molecule has 0 aromatic rings. The minimum absolute atomic E-state index is 0.234. The molecule has 3 atom stereocenters. The molecule has 0 unspecified atom stereocenters. The zero-order chi connectivity index (χ0) is 15.8. The molecule has 0 aromatic carbocycles. The first-order valence-corrected chi connectivity index (χ1v) is 8.95. The quantitative estimate of drug-likeness (QED) is 0.553. The van der Waals surface area contributed by atoms with Gasteiger partial charge in [0, 0.05) is 45.3 Å². The zero-order valence-electron chi connectivity index (χ0n) is 14.2. The number of likely N-dealkylation sites (tertiary alicyclic amines) is 1. The van der Waals surface area contributed by atoms with Gasteiger partial charge in [0.2, 0.25) is 5.91 Å². The molecule has 1 saturated heterocycles. The van der Waals surface area contributed by atoms with E-state index in [4.69, 9.17) is 4.74 Å². The lowest BCUT2D eigenvalue weighted by Crippen LogP contribution is -2.50. The van der Waals surface area contributed by atoms with Crippen molar-refractivity contribution in [1.82, 2.24) is 10.2 Å². The molecule has 1 N–H and O–H groups in total. The maximum Gasteiger partial charge on any atom is 0.220 e. The van der Waals surface area contributed by atoms with Gasteiger partial charge in [0.05, 0.1) is 0 Å². The number of amides is 1. The van der Waals surface area contributed by atoms with Gasteiger partial charge in [-0.1, -0.05) is 19.1 Å². The number of allylic oxidation sites excluding steroid dienone is 2. The maximum absolute atomic E-state index is 12.2. The van der Waals surface area contributed by atoms with Gasteiger partial charge < -0.3 is 15.0 Å². The smallest absolute Gasteiger partial charge is 0.220 e. The van der Waals surface area contributed by atoms with E-state index in [1.165, 1.54) is 0 Å². The van der Waals surface area contributed by atoms with E-state index >= 15 is 0 Å². The van der Waals surface area contributed by atoms with Crippen LogP contribution >= 0.6 is 0 Å². The summed E-state index contributed by atoms with van der Waals surface area (Å²) in [5.74, 6) is 1.23. The van der Waals surface area contributed by atoms with Crippen LogP contribution in [0, 0.1) is 11.8 Å². The van der Waals surface area contributed by atoms with Crippen LogP contribution in [0.15, 0.2) is 12.2 Å². The third-order valence-electron chi connectivity index (χ3n) is 4.86. The predicted molar refractivity (Wildman–Crippen MR) is 89.7 cm³/mol. The third-order valence-corrected chi connectivity index (χ3v) is 4.86. The first kappa shape index (κ1) is 17.5. The van der Waals surface area contributed by atoms with Crippen LogP contribution in [0.5, 0.6) is 0 Å². The van der Waals surface area contributed by atoms with Gasteiger partial charge in [-0.25, -0.2) is 0 Å². The Bertz CT molecular complexity index is 370. The van der Waals surface area contributed by atoms with Gasteiger partial charge in [0.25, 0.3) is 0 Å². The van der Waals surface area contributed by atoms with Crippen LogP contribution in [0.4, 0.5) is 0 Å². The summed E-state index contributed by atoms with van der Waals surface area (Å²) in [5, 5.41) is 3.27. The van der Waals surface area contributed by atoms with Crippen LogP contribution < -0.4 is 5.32 Å². The van der Waals surface area contributed by atoms with E-state index < -0.39 is 0 Å². The fraction of sp³-hybridized carbons (Fsp3) is 0.833. The van der Waals surface area contributed by atoms with Crippen LogP contribution in [0.25, 0.3) is 0 Å². The van der Waals surface area contributed by atoms with Crippen LogP contribution in [0.2, 0.25) is 0 Å². The molecule has 126 valence electrons. The maximum atomic E-state index is 12.2. The molecule has 2 rings (SSSR count). The van der Waals surface area contributed by atoms with Gasteiger partial charge in [-0.2, -0.15) is 0 Å². The SMILES string of the molecule is CCOCCCN1CC[C@H](NC(=O)C[C@@H]2C=CCC2)[C@@H](C)C1. The summed E-state index contributed by atoms with van der Waals surface area (Å²) in [6.07, 6.45) is 9.51. The molecule has 1 aliphatic carbocycles. The number of nitrogens with one attached hydrogen (secondary N) is 1. The van der Waals surface area contributed by atoms with E-state index in [0.29, 0.717) is 24.3 Å². The summed E-state index contributed by atoms with van der Waals surface area (Å²) < 4.78 is 5.40. The Morgan fingerprint density at radius 1 is 1.41 bits per heavy atom. The number of hydrogen-bond donors (Lipinski definition) is 1. The Labute approximate surface area is 135 Å². The predicted octanol–water partition coefficient (Wildman–Crippen LogP) is 2.60. The van der Waals surface area contributed by atoms with Crippen LogP contribution in [0.3, 0.4) is 0 Å². The largest absolute Gasteiger partial charge is 0.382 e. The van der Waals surface area contributed by atoms with E-state index in [2.05, 4.69) is 29.3 Å². The molecular formula is C18H32N2O2. The molecule has 1 aliphatic heterocycles. The second kappa shape index (κ2) is 9.31. The Kier molecular flexibility index (Phi) is 7.40. The number of ether oxygens (including phenoxy) is 1. The van der Waals surface area contributed by atoms with Gasteiger partial charge in [0.15, 0.2) is 0 Å². The van der Waals surface area contributed by atoms with Crippen LogP contribution in [-0.4, -0.2) is 49.7 Å². The topological polar surface area (TPSA) is 41.6 Å². The first-order valence-electron chi connectivity index (χ1n) is 8.95. The van der Waals surface area contributed by atoms with Crippen molar-refractivity contribution in [1.29, 1.82) is 0 Å². The monoisotopic (exact) mass is 308 g/mol. The van der Waals surface area contributed by atoms with E-state index in [1.807, 2.05) is 6.92 Å². The molecule has 1 fully saturated rings. The second-order valence-electron chi connectivity index (χ2n) is 6.76. The van der Waals surface area contributed by atoms with Crippen molar-refractivity contribution in [2.75, 3.05) is 32.8 Å². The first-order chi connectivity index (χ1) is 10.7.